The highest BCUT2D eigenvalue weighted by Gasteiger charge is 2.05. The van der Waals surface area contributed by atoms with E-state index in [0.29, 0.717) is 11.5 Å². The molecule has 0 spiro atoms. The van der Waals surface area contributed by atoms with Crippen LogP contribution in [0.25, 0.3) is 0 Å². The van der Waals surface area contributed by atoms with Crippen molar-refractivity contribution in [3.8, 4) is 0 Å². The molecule has 0 aliphatic rings. The molecule has 19 heavy (non-hydrogen) atoms. The minimum absolute atomic E-state index is 0.238. The van der Waals surface area contributed by atoms with Gasteiger partial charge in [0.05, 0.1) is 6.54 Å². The highest BCUT2D eigenvalue weighted by molar-refractivity contribution is 7.80. The third-order valence-corrected chi connectivity index (χ3v) is 3.13. The predicted molar refractivity (Wildman–Crippen MR) is 79.4 cm³/mol. The number of hydrogen-bond donors (Lipinski definition) is 1. The van der Waals surface area contributed by atoms with E-state index in [0.717, 1.165) is 22.5 Å². The Kier molecular flexibility index (Phi) is 3.76. The Labute approximate surface area is 116 Å². The van der Waals surface area contributed by atoms with Gasteiger partial charge in [-0.25, -0.2) is 4.79 Å². The Morgan fingerprint density at radius 3 is 2.74 bits per heavy atom. The number of benzene rings is 1. The summed E-state index contributed by atoms with van der Waals surface area (Å²) >= 11 is 4.95. The summed E-state index contributed by atoms with van der Waals surface area (Å²) in [5, 5.41) is 0. The number of nitrogens with zero attached hydrogens (tertiary/aromatic N) is 2. The first-order valence-electron chi connectivity index (χ1n) is 5.91. The molecular formula is C14H15N3OS. The van der Waals surface area contributed by atoms with Crippen LogP contribution in [-0.4, -0.2) is 14.5 Å². The molecule has 0 fully saturated rings. The first-order valence-corrected chi connectivity index (χ1v) is 6.32. The van der Waals surface area contributed by atoms with Gasteiger partial charge in [0.1, 0.15) is 4.99 Å². The molecule has 5 heteroatoms. The molecule has 0 aliphatic heterocycles. The van der Waals surface area contributed by atoms with Crippen LogP contribution in [-0.2, 0) is 6.54 Å². The minimum atomic E-state index is -0.238. The lowest BCUT2D eigenvalue weighted by molar-refractivity contribution is 0.694. The Morgan fingerprint density at radius 1 is 1.37 bits per heavy atom. The van der Waals surface area contributed by atoms with Gasteiger partial charge in [-0.05, 0) is 31.5 Å². The largest absolute Gasteiger partial charge is 0.389 e. The van der Waals surface area contributed by atoms with Gasteiger partial charge in [0.2, 0.25) is 0 Å². The molecule has 2 aromatic rings. The van der Waals surface area contributed by atoms with Crippen molar-refractivity contribution in [2.24, 2.45) is 5.73 Å². The summed E-state index contributed by atoms with van der Waals surface area (Å²) < 4.78 is 1.63. The lowest BCUT2D eigenvalue weighted by atomic mass is 10.1. The van der Waals surface area contributed by atoms with Crippen molar-refractivity contribution >= 4 is 17.2 Å². The van der Waals surface area contributed by atoms with E-state index in [4.69, 9.17) is 18.0 Å². The zero-order chi connectivity index (χ0) is 14.0. The van der Waals surface area contributed by atoms with Crippen molar-refractivity contribution in [3.63, 3.8) is 0 Å². The third kappa shape index (κ3) is 3.06. The maximum atomic E-state index is 11.9. The van der Waals surface area contributed by atoms with E-state index < -0.39 is 0 Å². The fourth-order valence-corrected chi connectivity index (χ4v) is 2.10. The molecule has 1 aromatic heterocycles. The lowest BCUT2D eigenvalue weighted by Crippen LogP contribution is -2.26. The monoisotopic (exact) mass is 273 g/mol. The molecule has 1 heterocycles. The van der Waals surface area contributed by atoms with Gasteiger partial charge < -0.3 is 5.73 Å². The fourth-order valence-electron chi connectivity index (χ4n) is 1.97. The van der Waals surface area contributed by atoms with E-state index in [2.05, 4.69) is 4.98 Å². The zero-order valence-corrected chi connectivity index (χ0v) is 11.7. The van der Waals surface area contributed by atoms with Gasteiger partial charge in [-0.2, -0.15) is 4.98 Å². The molecule has 0 saturated heterocycles. The molecule has 0 unspecified atom stereocenters. The predicted octanol–water partition coefficient (Wildman–Crippen LogP) is 1.54. The molecule has 0 radical (unpaired) electrons. The van der Waals surface area contributed by atoms with Crippen molar-refractivity contribution in [2.45, 2.75) is 20.4 Å². The second kappa shape index (κ2) is 5.32. The number of aryl methyl sites for hydroxylation is 2. The average Bonchev–Trinajstić information content (AvgIpc) is 2.34. The van der Waals surface area contributed by atoms with Crippen LogP contribution >= 0.6 is 12.2 Å². The van der Waals surface area contributed by atoms with Crippen LogP contribution in [0.3, 0.4) is 0 Å². The van der Waals surface area contributed by atoms with Gasteiger partial charge in [-0.15, -0.1) is 0 Å². The number of rotatable bonds is 3. The summed E-state index contributed by atoms with van der Waals surface area (Å²) in [5.41, 5.74) is 8.77. The standard InChI is InChI=1S/C14H15N3OS/c1-9-6-10(2)17(14(18)16-9)8-11-4-3-5-12(7-11)13(15)19/h3-7H,8H2,1-2H3,(H2,15,19). The topological polar surface area (TPSA) is 60.9 Å². The van der Waals surface area contributed by atoms with Crippen molar-refractivity contribution < 1.29 is 0 Å². The van der Waals surface area contributed by atoms with E-state index in [1.807, 2.05) is 44.2 Å². The lowest BCUT2D eigenvalue weighted by Gasteiger charge is -2.10. The molecule has 0 bridgehead atoms. The van der Waals surface area contributed by atoms with Gasteiger partial charge in [0.25, 0.3) is 0 Å². The summed E-state index contributed by atoms with van der Waals surface area (Å²) in [6.07, 6.45) is 0. The highest BCUT2D eigenvalue weighted by atomic mass is 32.1. The van der Waals surface area contributed by atoms with Crippen molar-refractivity contribution in [3.05, 3.63) is 63.3 Å². The minimum Gasteiger partial charge on any atom is -0.389 e. The Morgan fingerprint density at radius 2 is 2.11 bits per heavy atom. The summed E-state index contributed by atoms with van der Waals surface area (Å²) in [5.74, 6) is 0. The van der Waals surface area contributed by atoms with E-state index in [1.165, 1.54) is 0 Å². The molecule has 1 aromatic carbocycles. The molecule has 0 atom stereocenters. The Balaban J connectivity index is 2.39. The SMILES string of the molecule is Cc1cc(C)n(Cc2cccc(C(N)=S)c2)c(=O)n1. The van der Waals surface area contributed by atoms with Crippen LogP contribution in [0.5, 0.6) is 0 Å². The van der Waals surface area contributed by atoms with Crippen molar-refractivity contribution in [1.29, 1.82) is 0 Å². The Hall–Kier alpha value is -2.01. The molecule has 0 amide bonds. The average molecular weight is 273 g/mol. The van der Waals surface area contributed by atoms with E-state index in [9.17, 15) is 4.79 Å². The molecule has 0 saturated carbocycles. The Bertz CT molecular complexity index is 691. The van der Waals surface area contributed by atoms with Gasteiger partial charge >= 0.3 is 5.69 Å². The quantitative estimate of drug-likeness (QED) is 0.862. The first-order chi connectivity index (χ1) is 8.97. The van der Waals surface area contributed by atoms with Crippen LogP contribution in [0.1, 0.15) is 22.5 Å². The van der Waals surface area contributed by atoms with Crippen LogP contribution < -0.4 is 11.4 Å². The van der Waals surface area contributed by atoms with Gasteiger partial charge in [-0.3, -0.25) is 4.57 Å². The second-order valence-corrected chi connectivity index (χ2v) is 4.91. The number of hydrogen-bond acceptors (Lipinski definition) is 3. The van der Waals surface area contributed by atoms with Gasteiger partial charge in [0, 0.05) is 17.0 Å². The third-order valence-electron chi connectivity index (χ3n) is 2.90. The van der Waals surface area contributed by atoms with E-state index in [1.54, 1.807) is 4.57 Å². The summed E-state index contributed by atoms with van der Waals surface area (Å²) in [4.78, 5) is 16.2. The normalized spacial score (nSPS) is 10.4. The number of nitrogens with two attached hydrogens (primary N) is 1. The van der Waals surface area contributed by atoms with Gasteiger partial charge in [-0.1, -0.05) is 30.4 Å². The molecule has 4 nitrogen and oxygen atoms in total. The second-order valence-electron chi connectivity index (χ2n) is 4.47. The first kappa shape index (κ1) is 13.4. The molecule has 2 N–H and O–H groups in total. The van der Waals surface area contributed by atoms with Crippen LogP contribution in [0.15, 0.2) is 35.1 Å². The zero-order valence-electron chi connectivity index (χ0n) is 10.9. The van der Waals surface area contributed by atoms with Crippen LogP contribution in [0.2, 0.25) is 0 Å². The van der Waals surface area contributed by atoms with Gasteiger partial charge in [0.15, 0.2) is 0 Å². The van der Waals surface area contributed by atoms with E-state index in [-0.39, 0.29) is 5.69 Å². The van der Waals surface area contributed by atoms with Crippen LogP contribution in [0.4, 0.5) is 0 Å². The number of thiocarbonyl (C=S) groups is 1. The van der Waals surface area contributed by atoms with E-state index >= 15 is 0 Å². The van der Waals surface area contributed by atoms with Crippen molar-refractivity contribution in [1.82, 2.24) is 9.55 Å². The van der Waals surface area contributed by atoms with Crippen LogP contribution in [0, 0.1) is 13.8 Å². The molecule has 98 valence electrons. The maximum Gasteiger partial charge on any atom is 0.348 e. The molecular weight excluding hydrogens is 258 g/mol. The molecule has 2 rings (SSSR count). The fraction of sp³-hybridized carbons (Fsp3) is 0.214. The molecule has 0 aliphatic carbocycles. The summed E-state index contributed by atoms with van der Waals surface area (Å²) in [6.45, 7) is 4.17. The van der Waals surface area contributed by atoms with Crippen molar-refractivity contribution in [2.75, 3.05) is 0 Å². The highest BCUT2D eigenvalue weighted by Crippen LogP contribution is 2.08. The smallest absolute Gasteiger partial charge is 0.348 e. The number of aromatic nitrogens is 2. The summed E-state index contributed by atoms with van der Waals surface area (Å²) in [7, 11) is 0. The summed E-state index contributed by atoms with van der Waals surface area (Å²) in [6, 6.07) is 9.46. The maximum absolute atomic E-state index is 11.9.